The standard InChI is InChI=1S/C14H11FN2/c15-13-6-3-4-11(8-13)9-17-10-12-5-1-2-7-14(12)16-17/h1-8,10H,9H2. The summed E-state index contributed by atoms with van der Waals surface area (Å²) in [5, 5.41) is 5.53. The maximum atomic E-state index is 13.0. The van der Waals surface area contributed by atoms with Crippen molar-refractivity contribution in [2.75, 3.05) is 0 Å². The summed E-state index contributed by atoms with van der Waals surface area (Å²) >= 11 is 0. The third-order valence-electron chi connectivity index (χ3n) is 2.69. The van der Waals surface area contributed by atoms with Gasteiger partial charge in [-0.25, -0.2) is 4.39 Å². The Kier molecular flexibility index (Phi) is 2.37. The summed E-state index contributed by atoms with van der Waals surface area (Å²) in [5.74, 6) is -0.209. The molecule has 1 heterocycles. The summed E-state index contributed by atoms with van der Waals surface area (Å²) in [6.45, 7) is 0.590. The van der Waals surface area contributed by atoms with E-state index in [4.69, 9.17) is 0 Å². The largest absolute Gasteiger partial charge is 0.267 e. The number of nitrogens with zero attached hydrogens (tertiary/aromatic N) is 2. The van der Waals surface area contributed by atoms with E-state index in [1.807, 2.05) is 41.2 Å². The zero-order chi connectivity index (χ0) is 11.7. The molecule has 0 saturated carbocycles. The van der Waals surface area contributed by atoms with Crippen LogP contribution in [0.4, 0.5) is 4.39 Å². The predicted octanol–water partition coefficient (Wildman–Crippen LogP) is 3.22. The molecule has 0 fully saturated rings. The first kappa shape index (κ1) is 10.0. The molecule has 0 aliphatic heterocycles. The lowest BCUT2D eigenvalue weighted by Crippen LogP contribution is -1.99. The zero-order valence-electron chi connectivity index (χ0n) is 9.18. The van der Waals surface area contributed by atoms with Gasteiger partial charge in [0, 0.05) is 11.6 Å². The van der Waals surface area contributed by atoms with Crippen LogP contribution in [0.5, 0.6) is 0 Å². The molecule has 17 heavy (non-hydrogen) atoms. The number of rotatable bonds is 2. The minimum Gasteiger partial charge on any atom is -0.267 e. The summed E-state index contributed by atoms with van der Waals surface area (Å²) in [7, 11) is 0. The molecule has 0 aliphatic carbocycles. The highest BCUT2D eigenvalue weighted by molar-refractivity contribution is 5.77. The molecule has 0 saturated heterocycles. The van der Waals surface area contributed by atoms with Gasteiger partial charge in [-0.05, 0) is 23.8 Å². The van der Waals surface area contributed by atoms with Crippen LogP contribution in [0, 0.1) is 5.82 Å². The fourth-order valence-corrected chi connectivity index (χ4v) is 1.92. The Morgan fingerprint density at radius 3 is 2.76 bits per heavy atom. The molecule has 3 heteroatoms. The average Bonchev–Trinajstić information content (AvgIpc) is 2.71. The first-order valence-corrected chi connectivity index (χ1v) is 5.48. The van der Waals surface area contributed by atoms with Crippen molar-refractivity contribution in [2.24, 2.45) is 0 Å². The van der Waals surface area contributed by atoms with E-state index in [1.54, 1.807) is 6.07 Å². The highest BCUT2D eigenvalue weighted by Gasteiger charge is 2.01. The molecule has 3 aromatic rings. The van der Waals surface area contributed by atoms with Gasteiger partial charge >= 0.3 is 0 Å². The Morgan fingerprint density at radius 2 is 1.94 bits per heavy atom. The number of hydrogen-bond acceptors (Lipinski definition) is 1. The van der Waals surface area contributed by atoms with Crippen molar-refractivity contribution < 1.29 is 4.39 Å². The van der Waals surface area contributed by atoms with E-state index in [0.717, 1.165) is 16.5 Å². The third-order valence-corrected chi connectivity index (χ3v) is 2.69. The smallest absolute Gasteiger partial charge is 0.123 e. The lowest BCUT2D eigenvalue weighted by Gasteiger charge is -2.01. The average molecular weight is 226 g/mol. The van der Waals surface area contributed by atoms with Gasteiger partial charge in [-0.3, -0.25) is 4.68 Å². The second-order valence-electron chi connectivity index (χ2n) is 4.02. The van der Waals surface area contributed by atoms with E-state index in [0.29, 0.717) is 6.54 Å². The van der Waals surface area contributed by atoms with Gasteiger partial charge in [-0.1, -0.05) is 30.3 Å². The summed E-state index contributed by atoms with van der Waals surface area (Å²) < 4.78 is 14.9. The van der Waals surface area contributed by atoms with Crippen LogP contribution in [-0.4, -0.2) is 9.78 Å². The molecule has 0 radical (unpaired) electrons. The summed E-state index contributed by atoms with van der Waals surface area (Å²) in [5.41, 5.74) is 1.88. The molecule has 84 valence electrons. The van der Waals surface area contributed by atoms with Crippen LogP contribution in [0.2, 0.25) is 0 Å². The Labute approximate surface area is 98.3 Å². The minimum atomic E-state index is -0.209. The van der Waals surface area contributed by atoms with E-state index in [2.05, 4.69) is 5.10 Å². The lowest BCUT2D eigenvalue weighted by molar-refractivity contribution is 0.620. The second-order valence-corrected chi connectivity index (χ2v) is 4.02. The van der Waals surface area contributed by atoms with E-state index in [1.165, 1.54) is 12.1 Å². The number of halogens is 1. The zero-order valence-corrected chi connectivity index (χ0v) is 9.18. The maximum absolute atomic E-state index is 13.0. The molecule has 0 N–H and O–H groups in total. The van der Waals surface area contributed by atoms with Gasteiger partial charge in [0.05, 0.1) is 12.1 Å². The van der Waals surface area contributed by atoms with Gasteiger partial charge in [0.15, 0.2) is 0 Å². The predicted molar refractivity (Wildman–Crippen MR) is 65.2 cm³/mol. The van der Waals surface area contributed by atoms with Crippen LogP contribution in [0.3, 0.4) is 0 Å². The van der Waals surface area contributed by atoms with Crippen LogP contribution >= 0.6 is 0 Å². The van der Waals surface area contributed by atoms with E-state index < -0.39 is 0 Å². The lowest BCUT2D eigenvalue weighted by atomic mass is 10.2. The quantitative estimate of drug-likeness (QED) is 0.656. The normalized spacial score (nSPS) is 10.9. The van der Waals surface area contributed by atoms with Crippen molar-refractivity contribution in [2.45, 2.75) is 6.54 Å². The number of benzene rings is 2. The molecule has 0 unspecified atom stereocenters. The van der Waals surface area contributed by atoms with Gasteiger partial charge in [-0.15, -0.1) is 0 Å². The van der Waals surface area contributed by atoms with Crippen LogP contribution in [0.1, 0.15) is 5.56 Å². The maximum Gasteiger partial charge on any atom is 0.123 e. The first-order valence-electron chi connectivity index (χ1n) is 5.48. The first-order chi connectivity index (χ1) is 8.31. The fourth-order valence-electron chi connectivity index (χ4n) is 1.92. The molecule has 0 spiro atoms. The van der Waals surface area contributed by atoms with Crippen molar-refractivity contribution in [3.05, 3.63) is 66.1 Å². The Morgan fingerprint density at radius 1 is 1.06 bits per heavy atom. The molecule has 0 atom stereocenters. The molecule has 3 rings (SSSR count). The monoisotopic (exact) mass is 226 g/mol. The molecule has 0 bridgehead atoms. The van der Waals surface area contributed by atoms with Crippen LogP contribution in [0.25, 0.3) is 10.9 Å². The summed E-state index contributed by atoms with van der Waals surface area (Å²) in [6.07, 6.45) is 1.97. The fraction of sp³-hybridized carbons (Fsp3) is 0.0714. The minimum absolute atomic E-state index is 0.209. The van der Waals surface area contributed by atoms with Crippen molar-refractivity contribution in [1.29, 1.82) is 0 Å². The third kappa shape index (κ3) is 2.04. The molecular weight excluding hydrogens is 215 g/mol. The molecule has 2 nitrogen and oxygen atoms in total. The van der Waals surface area contributed by atoms with Crippen molar-refractivity contribution in [1.82, 2.24) is 9.78 Å². The number of fused-ring (bicyclic) bond motifs is 1. The number of aromatic nitrogens is 2. The molecule has 2 aromatic carbocycles. The van der Waals surface area contributed by atoms with Crippen LogP contribution in [0.15, 0.2) is 54.7 Å². The van der Waals surface area contributed by atoms with E-state index >= 15 is 0 Å². The molecule has 1 aromatic heterocycles. The van der Waals surface area contributed by atoms with Gasteiger partial charge in [0.1, 0.15) is 5.82 Å². The highest BCUT2D eigenvalue weighted by Crippen LogP contribution is 2.12. The molecular formula is C14H11FN2. The van der Waals surface area contributed by atoms with Crippen LogP contribution in [-0.2, 0) is 6.54 Å². The van der Waals surface area contributed by atoms with Gasteiger partial charge in [0.2, 0.25) is 0 Å². The second kappa shape index (κ2) is 4.01. The SMILES string of the molecule is Fc1cccc(Cn2cc3ccccc3n2)c1. The topological polar surface area (TPSA) is 17.8 Å². The van der Waals surface area contributed by atoms with Crippen molar-refractivity contribution in [3.8, 4) is 0 Å². The van der Waals surface area contributed by atoms with Crippen molar-refractivity contribution >= 4 is 10.9 Å². The Bertz CT molecular complexity index is 625. The Balaban J connectivity index is 1.94. The van der Waals surface area contributed by atoms with Gasteiger partial charge in [-0.2, -0.15) is 5.10 Å². The Hall–Kier alpha value is -2.16. The summed E-state index contributed by atoms with van der Waals surface area (Å²) in [4.78, 5) is 0. The highest BCUT2D eigenvalue weighted by atomic mass is 19.1. The van der Waals surface area contributed by atoms with Gasteiger partial charge < -0.3 is 0 Å². The molecule has 0 amide bonds. The number of hydrogen-bond donors (Lipinski definition) is 0. The van der Waals surface area contributed by atoms with Crippen LogP contribution < -0.4 is 0 Å². The van der Waals surface area contributed by atoms with Crippen molar-refractivity contribution in [3.63, 3.8) is 0 Å². The molecule has 0 aliphatic rings. The van der Waals surface area contributed by atoms with E-state index in [-0.39, 0.29) is 5.82 Å². The van der Waals surface area contributed by atoms with E-state index in [9.17, 15) is 4.39 Å². The van der Waals surface area contributed by atoms with Gasteiger partial charge in [0.25, 0.3) is 0 Å². The summed E-state index contributed by atoms with van der Waals surface area (Å²) in [6, 6.07) is 14.5.